The first kappa shape index (κ1) is 17.9. The topological polar surface area (TPSA) is 65.6 Å². The third kappa shape index (κ3) is 5.91. The summed E-state index contributed by atoms with van der Waals surface area (Å²) in [6.07, 6.45) is 0. The molecule has 1 aliphatic heterocycles. The van der Waals surface area contributed by atoms with Crippen LogP contribution in [0.4, 0.5) is 0 Å². The fraction of sp³-hybridized carbons (Fsp3) is 0.588. The van der Waals surface area contributed by atoms with Crippen molar-refractivity contribution in [2.24, 2.45) is 0 Å². The quantitative estimate of drug-likeness (QED) is 0.681. The maximum absolute atomic E-state index is 12.4. The summed E-state index contributed by atoms with van der Waals surface area (Å²) < 4.78 is 5.06. The van der Waals surface area contributed by atoms with Crippen LogP contribution >= 0.6 is 0 Å². The molecular formula is C17H28N4O2. The number of rotatable bonds is 3. The van der Waals surface area contributed by atoms with Gasteiger partial charge in [0.2, 0.25) is 0 Å². The van der Waals surface area contributed by atoms with E-state index in [1.165, 1.54) is 7.11 Å². The Kier molecular flexibility index (Phi) is 8.03. The van der Waals surface area contributed by atoms with Gasteiger partial charge in [-0.15, -0.1) is 0 Å². The normalized spacial score (nSPS) is 20.0. The zero-order valence-electron chi connectivity index (χ0n) is 13.9. The molecule has 0 spiro atoms. The second kappa shape index (κ2) is 10.3. The van der Waals surface area contributed by atoms with E-state index in [1.54, 1.807) is 0 Å². The number of benzene rings is 1. The minimum absolute atomic E-state index is 0.204. The molecule has 6 heteroatoms. The van der Waals surface area contributed by atoms with Gasteiger partial charge in [-0.2, -0.15) is 0 Å². The SMILES string of the molecule is COC(=O)C(c1ccccc1)N1CCNCCNCCNCC1. The Labute approximate surface area is 138 Å². The lowest BCUT2D eigenvalue weighted by atomic mass is 10.1. The second-order valence-electron chi connectivity index (χ2n) is 5.62. The van der Waals surface area contributed by atoms with Gasteiger partial charge in [0.15, 0.2) is 0 Å². The van der Waals surface area contributed by atoms with E-state index >= 15 is 0 Å². The lowest BCUT2D eigenvalue weighted by Gasteiger charge is -2.30. The lowest BCUT2D eigenvalue weighted by molar-refractivity contribution is -0.147. The van der Waals surface area contributed by atoms with Crippen LogP contribution in [0.25, 0.3) is 0 Å². The van der Waals surface area contributed by atoms with Crippen molar-refractivity contribution >= 4 is 5.97 Å². The highest BCUT2D eigenvalue weighted by Crippen LogP contribution is 2.21. The zero-order chi connectivity index (χ0) is 16.3. The fourth-order valence-corrected chi connectivity index (χ4v) is 2.79. The number of nitrogens with zero attached hydrogens (tertiary/aromatic N) is 1. The van der Waals surface area contributed by atoms with Gasteiger partial charge in [-0.1, -0.05) is 30.3 Å². The molecule has 128 valence electrons. The van der Waals surface area contributed by atoms with Crippen LogP contribution in [0.5, 0.6) is 0 Å². The van der Waals surface area contributed by atoms with Crippen molar-refractivity contribution in [3.8, 4) is 0 Å². The summed E-state index contributed by atoms with van der Waals surface area (Å²) >= 11 is 0. The molecule has 23 heavy (non-hydrogen) atoms. The summed E-state index contributed by atoms with van der Waals surface area (Å²) in [5, 5.41) is 10.2. The van der Waals surface area contributed by atoms with Crippen LogP contribution in [0.1, 0.15) is 11.6 Å². The molecule has 0 aliphatic carbocycles. The van der Waals surface area contributed by atoms with Crippen LogP contribution in [0.15, 0.2) is 30.3 Å². The fourth-order valence-electron chi connectivity index (χ4n) is 2.79. The van der Waals surface area contributed by atoms with Gasteiger partial charge in [-0.25, -0.2) is 4.79 Å². The smallest absolute Gasteiger partial charge is 0.327 e. The number of ether oxygens (including phenoxy) is 1. The van der Waals surface area contributed by atoms with Crippen molar-refractivity contribution in [2.45, 2.75) is 6.04 Å². The first-order chi connectivity index (χ1) is 11.3. The Morgan fingerprint density at radius 1 is 0.957 bits per heavy atom. The minimum atomic E-state index is -0.356. The molecule has 1 heterocycles. The van der Waals surface area contributed by atoms with Gasteiger partial charge in [-0.05, 0) is 5.56 Å². The minimum Gasteiger partial charge on any atom is -0.468 e. The third-order valence-electron chi connectivity index (χ3n) is 4.01. The molecule has 1 atom stereocenters. The van der Waals surface area contributed by atoms with E-state index < -0.39 is 0 Å². The van der Waals surface area contributed by atoms with Crippen molar-refractivity contribution in [3.05, 3.63) is 35.9 Å². The summed E-state index contributed by atoms with van der Waals surface area (Å²) in [6, 6.07) is 9.51. The third-order valence-corrected chi connectivity index (χ3v) is 4.01. The van der Waals surface area contributed by atoms with Gasteiger partial charge in [0.25, 0.3) is 0 Å². The number of hydrogen-bond donors (Lipinski definition) is 3. The molecule has 3 N–H and O–H groups in total. The molecule has 0 amide bonds. The highest BCUT2D eigenvalue weighted by molar-refractivity contribution is 5.77. The summed E-state index contributed by atoms with van der Waals surface area (Å²) in [5.74, 6) is -0.204. The average Bonchev–Trinajstić information content (AvgIpc) is 2.58. The standard InChI is InChI=1S/C17H28N4O2/c1-23-17(22)16(15-5-3-2-4-6-15)21-13-11-19-9-7-18-8-10-20-12-14-21/h2-6,16,18-20H,7-14H2,1H3. The number of carbonyl (C=O) groups excluding carboxylic acids is 1. The average molecular weight is 320 g/mol. The summed E-state index contributed by atoms with van der Waals surface area (Å²) in [5.41, 5.74) is 0.980. The van der Waals surface area contributed by atoms with Crippen molar-refractivity contribution in [1.82, 2.24) is 20.9 Å². The molecule has 1 aromatic rings. The van der Waals surface area contributed by atoms with Gasteiger partial charge in [0.05, 0.1) is 7.11 Å². The Hall–Kier alpha value is -1.47. The lowest BCUT2D eigenvalue weighted by Crippen LogP contribution is -2.45. The molecular weight excluding hydrogens is 292 g/mol. The van der Waals surface area contributed by atoms with E-state index in [1.807, 2.05) is 30.3 Å². The predicted molar refractivity (Wildman–Crippen MR) is 91.4 cm³/mol. The number of esters is 1. The van der Waals surface area contributed by atoms with Crippen LogP contribution in [0, 0.1) is 0 Å². The summed E-state index contributed by atoms with van der Waals surface area (Å²) in [4.78, 5) is 14.6. The molecule has 0 radical (unpaired) electrons. The molecule has 1 aromatic carbocycles. The van der Waals surface area contributed by atoms with Crippen molar-refractivity contribution in [2.75, 3.05) is 59.5 Å². The Morgan fingerprint density at radius 2 is 1.48 bits per heavy atom. The molecule has 0 saturated carbocycles. The van der Waals surface area contributed by atoms with Crippen molar-refractivity contribution in [1.29, 1.82) is 0 Å². The van der Waals surface area contributed by atoms with E-state index in [4.69, 9.17) is 4.74 Å². The number of hydrogen-bond acceptors (Lipinski definition) is 6. The highest BCUT2D eigenvalue weighted by atomic mass is 16.5. The summed E-state index contributed by atoms with van der Waals surface area (Å²) in [7, 11) is 1.46. The molecule has 2 rings (SSSR count). The first-order valence-corrected chi connectivity index (χ1v) is 8.32. The largest absolute Gasteiger partial charge is 0.468 e. The Morgan fingerprint density at radius 3 is 2.00 bits per heavy atom. The van der Waals surface area contributed by atoms with E-state index in [-0.39, 0.29) is 12.0 Å². The maximum Gasteiger partial charge on any atom is 0.327 e. The molecule has 0 bridgehead atoms. The van der Waals surface area contributed by atoms with Crippen LogP contribution in [-0.2, 0) is 9.53 Å². The molecule has 1 saturated heterocycles. The monoisotopic (exact) mass is 320 g/mol. The second-order valence-corrected chi connectivity index (χ2v) is 5.62. The van der Waals surface area contributed by atoms with Crippen LogP contribution in [-0.4, -0.2) is 70.3 Å². The molecule has 1 unspecified atom stereocenters. The molecule has 1 fully saturated rings. The van der Waals surface area contributed by atoms with E-state index in [2.05, 4.69) is 20.9 Å². The number of carbonyl (C=O) groups is 1. The maximum atomic E-state index is 12.4. The Bertz CT molecular complexity index is 443. The molecule has 1 aliphatic rings. The van der Waals surface area contributed by atoms with Gasteiger partial charge >= 0.3 is 5.97 Å². The van der Waals surface area contributed by atoms with Crippen LogP contribution in [0.2, 0.25) is 0 Å². The van der Waals surface area contributed by atoms with Gasteiger partial charge in [0, 0.05) is 52.4 Å². The Balaban J connectivity index is 2.10. The van der Waals surface area contributed by atoms with Crippen LogP contribution < -0.4 is 16.0 Å². The van der Waals surface area contributed by atoms with E-state index in [9.17, 15) is 4.79 Å². The molecule has 0 aromatic heterocycles. The first-order valence-electron chi connectivity index (χ1n) is 8.32. The number of methoxy groups -OCH3 is 1. The predicted octanol–water partition coefficient (Wildman–Crippen LogP) is -0.0149. The van der Waals surface area contributed by atoms with E-state index in [0.29, 0.717) is 0 Å². The van der Waals surface area contributed by atoms with Crippen LogP contribution in [0.3, 0.4) is 0 Å². The highest BCUT2D eigenvalue weighted by Gasteiger charge is 2.27. The van der Waals surface area contributed by atoms with E-state index in [0.717, 1.165) is 57.9 Å². The summed E-state index contributed by atoms with van der Waals surface area (Å²) in [6.45, 7) is 7.09. The molecule has 6 nitrogen and oxygen atoms in total. The zero-order valence-corrected chi connectivity index (χ0v) is 13.9. The van der Waals surface area contributed by atoms with Crippen molar-refractivity contribution < 1.29 is 9.53 Å². The number of nitrogens with one attached hydrogen (secondary N) is 3. The van der Waals surface area contributed by atoms with Gasteiger partial charge < -0.3 is 20.7 Å². The van der Waals surface area contributed by atoms with Crippen molar-refractivity contribution in [3.63, 3.8) is 0 Å². The van der Waals surface area contributed by atoms with Gasteiger partial charge in [0.1, 0.15) is 6.04 Å². The van der Waals surface area contributed by atoms with Gasteiger partial charge in [-0.3, -0.25) is 4.90 Å².